The van der Waals surface area contributed by atoms with E-state index in [9.17, 15) is 14.3 Å². The Morgan fingerprint density at radius 2 is 1.91 bits per heavy atom. The molecule has 7 atom stereocenters. The largest absolute Gasteiger partial charge is 0.356 e. The van der Waals surface area contributed by atoms with Crippen molar-refractivity contribution in [3.8, 4) is 0 Å². The van der Waals surface area contributed by atoms with E-state index in [1.54, 1.807) is 11.9 Å². The highest BCUT2D eigenvalue weighted by atomic mass is 31.2. The normalized spacial score (nSPS) is 40.9. The molecule has 0 saturated heterocycles. The number of allylic oxidation sites excluding steroid dienone is 3. The molecule has 6 heteroatoms. The number of nitrogens with zero attached hydrogens (tertiary/aromatic N) is 1. The van der Waals surface area contributed by atoms with Crippen molar-refractivity contribution in [3.05, 3.63) is 23.0 Å². The molecule has 5 unspecified atom stereocenters. The van der Waals surface area contributed by atoms with Gasteiger partial charge in [-0.2, -0.15) is 0 Å². The van der Waals surface area contributed by atoms with Crippen LogP contribution in [0.25, 0.3) is 0 Å². The average Bonchev–Trinajstić information content (AvgIpc) is 3.12. The van der Waals surface area contributed by atoms with E-state index in [1.807, 2.05) is 26.8 Å². The number of hydrogen-bond donors (Lipinski definition) is 1. The van der Waals surface area contributed by atoms with Gasteiger partial charge in [0.05, 0.1) is 11.4 Å². The molecule has 4 aliphatic rings. The van der Waals surface area contributed by atoms with Gasteiger partial charge in [-0.3, -0.25) is 9.36 Å². The highest BCUT2D eigenvalue weighted by molar-refractivity contribution is 7.57. The summed E-state index contributed by atoms with van der Waals surface area (Å²) in [5.74, 6) is 1.99. The lowest BCUT2D eigenvalue weighted by Gasteiger charge is -2.57. The van der Waals surface area contributed by atoms with Crippen LogP contribution in [0.4, 0.5) is 0 Å². The first-order valence-corrected chi connectivity index (χ1v) is 13.9. The van der Waals surface area contributed by atoms with Gasteiger partial charge in [0.25, 0.3) is 0 Å². The van der Waals surface area contributed by atoms with E-state index in [-0.39, 0.29) is 11.3 Å². The fraction of sp³-hybridized carbons (Fsp3) is 0.808. The zero-order valence-corrected chi connectivity index (χ0v) is 21.9. The maximum Gasteiger partial charge on any atom is 0.356 e. The fourth-order valence-corrected chi connectivity index (χ4v) is 8.90. The Bertz CT molecular complexity index is 902. The molecule has 0 bridgehead atoms. The Labute approximate surface area is 194 Å². The van der Waals surface area contributed by atoms with Gasteiger partial charge in [0.15, 0.2) is 0 Å². The maximum absolute atomic E-state index is 13.2. The summed E-state index contributed by atoms with van der Waals surface area (Å²) < 4.78 is 18.2. The highest BCUT2D eigenvalue weighted by Crippen LogP contribution is 2.67. The molecule has 2 fully saturated rings. The molecule has 0 aliphatic heterocycles. The van der Waals surface area contributed by atoms with Crippen molar-refractivity contribution in [3.63, 3.8) is 0 Å². The molecule has 2 saturated carbocycles. The number of hydrogen-bond acceptors (Lipinski definition) is 3. The van der Waals surface area contributed by atoms with Crippen LogP contribution < -0.4 is 0 Å². The summed E-state index contributed by atoms with van der Waals surface area (Å²) in [6.07, 6.45) is 12.5. The summed E-state index contributed by atoms with van der Waals surface area (Å²) in [5, 5.41) is 0.365. The predicted molar refractivity (Wildman–Crippen MR) is 128 cm³/mol. The van der Waals surface area contributed by atoms with Crippen molar-refractivity contribution < 1.29 is 18.8 Å². The molecule has 32 heavy (non-hydrogen) atoms. The Hall–Kier alpha value is -0.900. The summed E-state index contributed by atoms with van der Waals surface area (Å²) in [5.41, 5.74) is 0.999. The van der Waals surface area contributed by atoms with Crippen molar-refractivity contribution in [1.29, 1.82) is 0 Å². The van der Waals surface area contributed by atoms with Crippen LogP contribution in [0.2, 0.25) is 0 Å². The van der Waals surface area contributed by atoms with Crippen molar-refractivity contribution in [2.24, 2.45) is 34.0 Å². The molecule has 5 nitrogen and oxygen atoms in total. The van der Waals surface area contributed by atoms with E-state index in [0.717, 1.165) is 12.3 Å². The van der Waals surface area contributed by atoms with Crippen molar-refractivity contribution >= 4 is 13.5 Å². The molecular weight excluding hydrogens is 421 g/mol. The topological polar surface area (TPSA) is 66.8 Å². The number of amides is 1. The molecule has 4 rings (SSSR count). The quantitative estimate of drug-likeness (QED) is 0.510. The van der Waals surface area contributed by atoms with Crippen LogP contribution in [0.1, 0.15) is 79.6 Å². The number of rotatable bonds is 3. The van der Waals surface area contributed by atoms with Gasteiger partial charge in [-0.15, -0.1) is 0 Å². The van der Waals surface area contributed by atoms with Gasteiger partial charge in [-0.1, -0.05) is 47.1 Å². The summed E-state index contributed by atoms with van der Waals surface area (Å²) in [6, 6.07) is -0.435. The van der Waals surface area contributed by atoms with Crippen molar-refractivity contribution in [2.75, 3.05) is 14.2 Å². The van der Waals surface area contributed by atoms with E-state index in [0.29, 0.717) is 29.0 Å². The summed E-state index contributed by atoms with van der Waals surface area (Å²) in [7, 11) is -0.913. The van der Waals surface area contributed by atoms with Crippen LogP contribution in [0.3, 0.4) is 0 Å². The molecule has 0 aromatic rings. The van der Waals surface area contributed by atoms with E-state index in [1.165, 1.54) is 44.8 Å². The van der Waals surface area contributed by atoms with Crippen LogP contribution in [0, 0.1) is 34.0 Å². The van der Waals surface area contributed by atoms with Crippen LogP contribution in [0.15, 0.2) is 23.0 Å². The Kier molecular flexibility index (Phi) is 5.92. The molecule has 1 amide bonds. The summed E-state index contributed by atoms with van der Waals surface area (Å²) >= 11 is 0. The first-order chi connectivity index (χ1) is 14.7. The molecule has 1 N–H and O–H groups in total. The number of likely N-dealkylation sites (N-methyl/N-ethyl adjacent to an activating group) is 1. The highest BCUT2D eigenvalue weighted by Gasteiger charge is 2.57. The minimum atomic E-state index is -3.98. The van der Waals surface area contributed by atoms with Crippen molar-refractivity contribution in [2.45, 2.75) is 85.6 Å². The second-order valence-electron chi connectivity index (χ2n) is 12.4. The third kappa shape index (κ3) is 3.67. The Morgan fingerprint density at radius 1 is 1.22 bits per heavy atom. The van der Waals surface area contributed by atoms with E-state index in [2.05, 4.69) is 19.9 Å². The van der Waals surface area contributed by atoms with Crippen LogP contribution >= 0.6 is 7.60 Å². The van der Waals surface area contributed by atoms with E-state index < -0.39 is 19.1 Å². The number of fused-ring (bicyclic) bond motifs is 5. The van der Waals surface area contributed by atoms with Crippen LogP contribution in [-0.4, -0.2) is 35.9 Å². The smallest absolute Gasteiger partial charge is 0.338 e. The minimum Gasteiger partial charge on any atom is -0.338 e. The van der Waals surface area contributed by atoms with Crippen LogP contribution in [0.5, 0.6) is 0 Å². The maximum atomic E-state index is 13.2. The lowest BCUT2D eigenvalue weighted by Crippen LogP contribution is -2.53. The number of carbonyl (C=O) groups is 1. The molecule has 180 valence electrons. The Balaban J connectivity index is 1.77. The molecule has 0 heterocycles. The predicted octanol–water partition coefficient (Wildman–Crippen LogP) is 6.15. The third-order valence-corrected chi connectivity index (χ3v) is 11.1. The Morgan fingerprint density at radius 3 is 2.53 bits per heavy atom. The van der Waals surface area contributed by atoms with Gasteiger partial charge in [0.1, 0.15) is 0 Å². The zero-order chi connectivity index (χ0) is 23.7. The number of carbonyl (C=O) groups excluding carboxylic acids is 1. The SMILES string of the molecule is COP(=O)(O)C1=CC2=CCC3C4CCC[C@@]4(C)CCC3[C@@]2(C)CC1N(C)C(=O)C(C)(C)C. The lowest BCUT2D eigenvalue weighted by molar-refractivity contribution is -0.140. The second-order valence-corrected chi connectivity index (χ2v) is 14.4. The summed E-state index contributed by atoms with van der Waals surface area (Å²) in [4.78, 5) is 25.7. The van der Waals surface area contributed by atoms with Crippen molar-refractivity contribution in [1.82, 2.24) is 4.90 Å². The van der Waals surface area contributed by atoms with Gasteiger partial charge in [-0.05, 0) is 78.8 Å². The molecule has 0 aromatic heterocycles. The molecule has 0 aromatic carbocycles. The first kappa shape index (κ1) is 24.2. The second kappa shape index (κ2) is 7.82. The minimum absolute atomic E-state index is 0.0140. The third-order valence-electron chi connectivity index (χ3n) is 9.57. The molecule has 0 spiro atoms. The summed E-state index contributed by atoms with van der Waals surface area (Å²) in [6.45, 7) is 10.6. The molecule has 0 radical (unpaired) electrons. The fourth-order valence-electron chi connectivity index (χ4n) is 7.75. The average molecular weight is 464 g/mol. The first-order valence-electron chi connectivity index (χ1n) is 12.3. The standard InChI is InChI=1S/C26H42NO4P/c1-24(2,3)23(28)27(6)21-16-26(5)17(15-22(21)32(29,30)31-7)10-11-18-19-9-8-13-25(19,4)14-12-20(18)26/h10,15,18-21H,8-9,11-14,16H2,1-7H3,(H,29,30)/t18?,19?,20?,21?,25-,26-/m0/s1. The molecular formula is C26H42NO4P. The van der Waals surface area contributed by atoms with Gasteiger partial charge in [-0.25, -0.2) is 0 Å². The monoisotopic (exact) mass is 463 g/mol. The zero-order valence-electron chi connectivity index (χ0n) is 21.0. The van der Waals surface area contributed by atoms with E-state index >= 15 is 0 Å². The molecule has 4 aliphatic carbocycles. The van der Waals surface area contributed by atoms with Crippen LogP contribution in [-0.2, 0) is 13.9 Å². The van der Waals surface area contributed by atoms with Gasteiger partial charge in [0, 0.05) is 19.6 Å². The lowest BCUT2D eigenvalue weighted by atomic mass is 9.48. The van der Waals surface area contributed by atoms with Gasteiger partial charge < -0.3 is 14.3 Å². The van der Waals surface area contributed by atoms with Gasteiger partial charge >= 0.3 is 7.60 Å². The van der Waals surface area contributed by atoms with E-state index in [4.69, 9.17) is 4.52 Å². The van der Waals surface area contributed by atoms with Gasteiger partial charge in [0.2, 0.25) is 5.91 Å².